The van der Waals surface area contributed by atoms with E-state index in [0.717, 1.165) is 18.3 Å². The van der Waals surface area contributed by atoms with Crippen LogP contribution in [0.25, 0.3) is 0 Å². The summed E-state index contributed by atoms with van der Waals surface area (Å²) in [6, 6.07) is 0.704. The standard InChI is InChI=1S/C10H16ClN3/c1-3-7-4-8(7)12-6-10-13-5-9(11)14(10)2/h5,7-8,12H,3-4,6H2,1-2H3. The van der Waals surface area contributed by atoms with Gasteiger partial charge in [0.25, 0.3) is 0 Å². The zero-order chi connectivity index (χ0) is 10.1. The van der Waals surface area contributed by atoms with Gasteiger partial charge < -0.3 is 9.88 Å². The van der Waals surface area contributed by atoms with Crippen molar-refractivity contribution in [3.8, 4) is 0 Å². The van der Waals surface area contributed by atoms with E-state index in [9.17, 15) is 0 Å². The van der Waals surface area contributed by atoms with Gasteiger partial charge in [-0.15, -0.1) is 0 Å². The molecule has 0 radical (unpaired) electrons. The van der Waals surface area contributed by atoms with E-state index in [1.54, 1.807) is 6.20 Å². The molecule has 2 rings (SSSR count). The lowest BCUT2D eigenvalue weighted by Crippen LogP contribution is -2.19. The van der Waals surface area contributed by atoms with Crippen LogP contribution in [0.15, 0.2) is 6.20 Å². The van der Waals surface area contributed by atoms with Crippen LogP contribution in [0.2, 0.25) is 5.15 Å². The maximum atomic E-state index is 5.89. The number of hydrogen-bond donors (Lipinski definition) is 1. The molecule has 1 aromatic heterocycles. The zero-order valence-electron chi connectivity index (χ0n) is 8.63. The Bertz CT molecular complexity index is 321. The van der Waals surface area contributed by atoms with Crippen molar-refractivity contribution in [3.05, 3.63) is 17.2 Å². The van der Waals surface area contributed by atoms with Gasteiger partial charge in [-0.2, -0.15) is 0 Å². The summed E-state index contributed by atoms with van der Waals surface area (Å²) >= 11 is 5.89. The summed E-state index contributed by atoms with van der Waals surface area (Å²) in [6.07, 6.45) is 4.29. The topological polar surface area (TPSA) is 29.9 Å². The molecule has 0 amide bonds. The second-order valence-corrected chi connectivity index (χ2v) is 4.33. The first-order valence-electron chi connectivity index (χ1n) is 5.11. The van der Waals surface area contributed by atoms with Crippen LogP contribution < -0.4 is 5.32 Å². The average Bonchev–Trinajstić information content (AvgIpc) is 2.88. The van der Waals surface area contributed by atoms with E-state index in [4.69, 9.17) is 11.6 Å². The van der Waals surface area contributed by atoms with Gasteiger partial charge in [-0.3, -0.25) is 0 Å². The normalized spacial score (nSPS) is 25.4. The van der Waals surface area contributed by atoms with E-state index in [2.05, 4.69) is 17.2 Å². The average molecular weight is 214 g/mol. The summed E-state index contributed by atoms with van der Waals surface area (Å²) in [5, 5.41) is 4.18. The summed E-state index contributed by atoms with van der Waals surface area (Å²) in [4.78, 5) is 4.23. The molecular weight excluding hydrogens is 198 g/mol. The lowest BCUT2D eigenvalue weighted by atomic mass is 10.3. The Morgan fingerprint density at radius 1 is 1.71 bits per heavy atom. The van der Waals surface area contributed by atoms with Gasteiger partial charge in [0, 0.05) is 13.1 Å². The molecule has 0 aromatic carbocycles. The number of nitrogens with one attached hydrogen (secondary N) is 1. The third-order valence-electron chi connectivity index (χ3n) is 3.00. The Balaban J connectivity index is 1.84. The fourth-order valence-electron chi connectivity index (χ4n) is 1.76. The van der Waals surface area contributed by atoms with Gasteiger partial charge in [-0.25, -0.2) is 4.98 Å². The Labute approximate surface area is 89.5 Å². The number of rotatable bonds is 4. The third-order valence-corrected chi connectivity index (χ3v) is 3.35. The maximum Gasteiger partial charge on any atom is 0.128 e. The molecule has 1 aromatic rings. The third kappa shape index (κ3) is 1.93. The van der Waals surface area contributed by atoms with Gasteiger partial charge in [0.2, 0.25) is 0 Å². The molecule has 1 fully saturated rings. The number of hydrogen-bond acceptors (Lipinski definition) is 2. The fourth-order valence-corrected chi connectivity index (χ4v) is 1.91. The van der Waals surface area contributed by atoms with Crippen LogP contribution >= 0.6 is 11.6 Å². The van der Waals surface area contributed by atoms with E-state index >= 15 is 0 Å². The highest BCUT2D eigenvalue weighted by atomic mass is 35.5. The quantitative estimate of drug-likeness (QED) is 0.829. The number of nitrogens with zero attached hydrogens (tertiary/aromatic N) is 2. The maximum absolute atomic E-state index is 5.89. The molecule has 1 N–H and O–H groups in total. The summed E-state index contributed by atoms with van der Waals surface area (Å²) < 4.78 is 1.91. The molecule has 14 heavy (non-hydrogen) atoms. The zero-order valence-corrected chi connectivity index (χ0v) is 9.38. The molecule has 1 heterocycles. The van der Waals surface area contributed by atoms with E-state index in [1.165, 1.54) is 12.8 Å². The molecule has 78 valence electrons. The highest BCUT2D eigenvalue weighted by Crippen LogP contribution is 2.33. The van der Waals surface area contributed by atoms with E-state index in [-0.39, 0.29) is 0 Å². The molecule has 0 spiro atoms. The van der Waals surface area contributed by atoms with E-state index < -0.39 is 0 Å². The van der Waals surface area contributed by atoms with Gasteiger partial charge >= 0.3 is 0 Å². The highest BCUT2D eigenvalue weighted by molar-refractivity contribution is 6.29. The molecule has 2 atom stereocenters. The summed E-state index contributed by atoms with van der Waals surface area (Å²) in [6.45, 7) is 3.06. The molecule has 0 bridgehead atoms. The van der Waals surface area contributed by atoms with Crippen molar-refractivity contribution in [3.63, 3.8) is 0 Å². The molecule has 1 aliphatic carbocycles. The molecule has 2 unspecified atom stereocenters. The highest BCUT2D eigenvalue weighted by Gasteiger charge is 2.34. The van der Waals surface area contributed by atoms with Gasteiger partial charge in [0.15, 0.2) is 0 Å². The van der Waals surface area contributed by atoms with E-state index in [0.29, 0.717) is 11.2 Å². The van der Waals surface area contributed by atoms with Gasteiger partial charge in [-0.1, -0.05) is 24.9 Å². The Morgan fingerprint density at radius 3 is 3.00 bits per heavy atom. The minimum Gasteiger partial charge on any atom is -0.321 e. The number of aromatic nitrogens is 2. The lowest BCUT2D eigenvalue weighted by Gasteiger charge is -2.04. The predicted octanol–water partition coefficient (Wildman–Crippen LogP) is 1.96. The Hall–Kier alpha value is -0.540. The van der Waals surface area contributed by atoms with Crippen molar-refractivity contribution in [2.75, 3.05) is 0 Å². The largest absolute Gasteiger partial charge is 0.321 e. The van der Waals surface area contributed by atoms with Crippen LogP contribution in [0.3, 0.4) is 0 Å². The Morgan fingerprint density at radius 2 is 2.50 bits per heavy atom. The van der Waals surface area contributed by atoms with Gasteiger partial charge in [-0.05, 0) is 12.3 Å². The number of imidazole rings is 1. The first-order valence-corrected chi connectivity index (χ1v) is 5.49. The molecule has 0 saturated heterocycles. The lowest BCUT2D eigenvalue weighted by molar-refractivity contribution is 0.593. The van der Waals surface area contributed by atoms with E-state index in [1.807, 2.05) is 11.6 Å². The molecule has 0 aliphatic heterocycles. The molecule has 1 saturated carbocycles. The first kappa shape index (κ1) is 9.99. The summed E-state index contributed by atoms with van der Waals surface area (Å²) in [5.41, 5.74) is 0. The van der Waals surface area contributed by atoms with Gasteiger partial charge in [0.05, 0.1) is 12.7 Å². The van der Waals surface area contributed by atoms with Crippen molar-refractivity contribution in [2.45, 2.75) is 32.4 Å². The number of halogens is 1. The van der Waals surface area contributed by atoms with Crippen LogP contribution in [0.5, 0.6) is 0 Å². The van der Waals surface area contributed by atoms with Crippen LogP contribution in [-0.2, 0) is 13.6 Å². The van der Waals surface area contributed by atoms with Crippen LogP contribution in [0, 0.1) is 5.92 Å². The minimum atomic E-state index is 0.699. The summed E-state index contributed by atoms with van der Waals surface area (Å²) in [7, 11) is 1.94. The molecular formula is C10H16ClN3. The minimum absolute atomic E-state index is 0.699. The van der Waals surface area contributed by atoms with Crippen LogP contribution in [0.1, 0.15) is 25.6 Å². The fraction of sp³-hybridized carbons (Fsp3) is 0.700. The van der Waals surface area contributed by atoms with Crippen molar-refractivity contribution in [1.82, 2.24) is 14.9 Å². The predicted molar refractivity (Wildman–Crippen MR) is 57.2 cm³/mol. The molecule has 4 heteroatoms. The smallest absolute Gasteiger partial charge is 0.128 e. The van der Waals surface area contributed by atoms with Crippen molar-refractivity contribution in [1.29, 1.82) is 0 Å². The van der Waals surface area contributed by atoms with Crippen LogP contribution in [0.4, 0.5) is 0 Å². The second-order valence-electron chi connectivity index (χ2n) is 3.95. The van der Waals surface area contributed by atoms with Crippen molar-refractivity contribution >= 4 is 11.6 Å². The monoisotopic (exact) mass is 213 g/mol. The van der Waals surface area contributed by atoms with Gasteiger partial charge in [0.1, 0.15) is 11.0 Å². The second kappa shape index (κ2) is 3.91. The van der Waals surface area contributed by atoms with Crippen molar-refractivity contribution < 1.29 is 0 Å². The van der Waals surface area contributed by atoms with Crippen molar-refractivity contribution in [2.24, 2.45) is 13.0 Å². The Kier molecular flexibility index (Phi) is 2.79. The molecule has 3 nitrogen and oxygen atoms in total. The van der Waals surface area contributed by atoms with Crippen LogP contribution in [-0.4, -0.2) is 15.6 Å². The SMILES string of the molecule is CCC1CC1NCc1ncc(Cl)n1C. The first-order chi connectivity index (χ1) is 6.72. The summed E-state index contributed by atoms with van der Waals surface area (Å²) in [5.74, 6) is 1.89. The molecule has 1 aliphatic rings.